The van der Waals surface area contributed by atoms with Crippen LogP contribution < -0.4 is 0 Å². The van der Waals surface area contributed by atoms with Crippen molar-refractivity contribution < 1.29 is 0 Å². The van der Waals surface area contributed by atoms with Crippen molar-refractivity contribution in [2.45, 2.75) is 91.6 Å². The lowest BCUT2D eigenvalue weighted by atomic mass is 9.80. The normalized spacial score (nSPS) is 33.9. The van der Waals surface area contributed by atoms with Gasteiger partial charge in [-0.25, -0.2) is 0 Å². The van der Waals surface area contributed by atoms with Crippen LogP contribution in [0.2, 0.25) is 0 Å². The largest absolute Gasteiger partial charge is 0.155 e. The summed E-state index contributed by atoms with van der Waals surface area (Å²) in [5.41, 5.74) is 0. The lowest BCUT2D eigenvalue weighted by molar-refractivity contribution is 0.294. The Hall–Kier alpha value is 0.350. The van der Waals surface area contributed by atoms with E-state index in [1.165, 1.54) is 25.7 Å². The minimum Gasteiger partial charge on any atom is -0.155 e. The smallest absolute Gasteiger partial charge is 0.00810 e. The minimum absolute atomic E-state index is 0.933. The Morgan fingerprint density at radius 3 is 1.71 bits per heavy atom. The van der Waals surface area contributed by atoms with Gasteiger partial charge in [-0.05, 0) is 24.7 Å². The van der Waals surface area contributed by atoms with Crippen LogP contribution in [-0.2, 0) is 0 Å². The van der Waals surface area contributed by atoms with Crippen LogP contribution in [0.1, 0.15) is 81.1 Å². The predicted octanol–water partition coefficient (Wildman–Crippen LogP) is 6.40. The fourth-order valence-corrected chi connectivity index (χ4v) is 4.53. The van der Waals surface area contributed by atoms with Crippen LogP contribution in [-0.4, -0.2) is 10.5 Å². The second-order valence-electron chi connectivity index (χ2n) is 4.19. The van der Waals surface area contributed by atoms with E-state index in [2.05, 4.69) is 25.6 Å². The average molecular weight is 261 g/mol. The second-order valence-corrected chi connectivity index (χ2v) is 5.81. The third-order valence-corrected chi connectivity index (χ3v) is 5.35. The maximum atomic E-state index is 2.45. The molecule has 106 valence electrons. The monoisotopic (exact) mass is 260 g/mol. The molecule has 0 aromatic carbocycles. The van der Waals surface area contributed by atoms with E-state index in [-0.39, 0.29) is 0 Å². The Morgan fingerprint density at radius 1 is 0.765 bits per heavy atom. The standard InChI is InChI=1S/C10H18S.3C2H6/c1-7-8(2)11-10-6-4-3-5-9(7)10;3*1-2/h7-10H,3-6H2,1-2H3;3*1-2H3. The number of fused-ring (bicyclic) bond motifs is 1. The van der Waals surface area contributed by atoms with Gasteiger partial charge >= 0.3 is 0 Å². The zero-order chi connectivity index (χ0) is 13.8. The molecule has 2 aliphatic rings. The Bertz CT molecular complexity index is 144. The van der Waals surface area contributed by atoms with Gasteiger partial charge in [-0.15, -0.1) is 0 Å². The molecule has 0 bridgehead atoms. The van der Waals surface area contributed by atoms with E-state index in [4.69, 9.17) is 0 Å². The van der Waals surface area contributed by atoms with E-state index in [0.717, 1.165) is 22.3 Å². The molecule has 4 unspecified atom stereocenters. The summed E-state index contributed by atoms with van der Waals surface area (Å²) in [6.07, 6.45) is 6.01. The molecule has 17 heavy (non-hydrogen) atoms. The van der Waals surface area contributed by atoms with Crippen molar-refractivity contribution in [2.75, 3.05) is 0 Å². The molecule has 1 aliphatic carbocycles. The van der Waals surface area contributed by atoms with Crippen molar-refractivity contribution in [3.8, 4) is 0 Å². The summed E-state index contributed by atoms with van der Waals surface area (Å²) in [7, 11) is 0. The molecular weight excluding hydrogens is 224 g/mol. The van der Waals surface area contributed by atoms with Gasteiger partial charge in [0, 0.05) is 10.5 Å². The number of hydrogen-bond donors (Lipinski definition) is 0. The van der Waals surface area contributed by atoms with Crippen LogP contribution >= 0.6 is 11.8 Å². The summed E-state index contributed by atoms with van der Waals surface area (Å²) >= 11 is 2.26. The molecular formula is C16H36S. The van der Waals surface area contributed by atoms with Crippen molar-refractivity contribution in [3.05, 3.63) is 0 Å². The Morgan fingerprint density at radius 2 is 1.24 bits per heavy atom. The molecule has 0 N–H and O–H groups in total. The van der Waals surface area contributed by atoms with E-state index in [0.29, 0.717) is 0 Å². The van der Waals surface area contributed by atoms with Gasteiger partial charge in [0.15, 0.2) is 0 Å². The van der Waals surface area contributed by atoms with Gasteiger partial charge in [0.05, 0.1) is 0 Å². The van der Waals surface area contributed by atoms with Crippen molar-refractivity contribution in [2.24, 2.45) is 11.8 Å². The molecule has 1 heterocycles. The Labute approximate surface area is 115 Å². The van der Waals surface area contributed by atoms with Crippen LogP contribution in [0.3, 0.4) is 0 Å². The highest BCUT2D eigenvalue weighted by atomic mass is 32.2. The first kappa shape index (κ1) is 19.7. The molecule has 1 saturated carbocycles. The van der Waals surface area contributed by atoms with Crippen molar-refractivity contribution in [3.63, 3.8) is 0 Å². The molecule has 0 amide bonds. The fraction of sp³-hybridized carbons (Fsp3) is 1.00. The van der Waals surface area contributed by atoms with Gasteiger partial charge < -0.3 is 0 Å². The predicted molar refractivity (Wildman–Crippen MR) is 86.0 cm³/mol. The number of rotatable bonds is 0. The minimum atomic E-state index is 0.933. The average Bonchev–Trinajstić information content (AvgIpc) is 2.73. The Kier molecular flexibility index (Phi) is 14.8. The third kappa shape index (κ3) is 6.18. The summed E-state index contributed by atoms with van der Waals surface area (Å²) in [5.74, 6) is 2.06. The second kappa shape index (κ2) is 12.8. The van der Waals surface area contributed by atoms with Gasteiger partial charge in [0.25, 0.3) is 0 Å². The van der Waals surface area contributed by atoms with Crippen LogP contribution in [0.15, 0.2) is 0 Å². The summed E-state index contributed by atoms with van der Waals surface area (Å²) < 4.78 is 0. The molecule has 2 fully saturated rings. The zero-order valence-electron chi connectivity index (χ0n) is 13.5. The van der Waals surface area contributed by atoms with Crippen molar-refractivity contribution in [1.82, 2.24) is 0 Å². The first-order valence-electron chi connectivity index (χ1n) is 7.94. The van der Waals surface area contributed by atoms with E-state index < -0.39 is 0 Å². The third-order valence-electron chi connectivity index (χ3n) is 3.56. The van der Waals surface area contributed by atoms with Gasteiger partial charge in [0.2, 0.25) is 0 Å². The van der Waals surface area contributed by atoms with E-state index in [1.54, 1.807) is 0 Å². The first-order valence-corrected chi connectivity index (χ1v) is 8.89. The number of hydrogen-bond acceptors (Lipinski definition) is 1. The van der Waals surface area contributed by atoms with Crippen molar-refractivity contribution >= 4 is 11.8 Å². The van der Waals surface area contributed by atoms with Gasteiger partial charge in [-0.1, -0.05) is 68.2 Å². The summed E-state index contributed by atoms with van der Waals surface area (Å²) in [6, 6.07) is 0. The van der Waals surface area contributed by atoms with E-state index in [1.807, 2.05) is 41.5 Å². The zero-order valence-corrected chi connectivity index (χ0v) is 14.4. The van der Waals surface area contributed by atoms with Crippen LogP contribution in [0, 0.1) is 11.8 Å². The van der Waals surface area contributed by atoms with Crippen molar-refractivity contribution in [1.29, 1.82) is 0 Å². The molecule has 0 aromatic heterocycles. The lowest BCUT2D eigenvalue weighted by Crippen LogP contribution is -2.21. The molecule has 1 saturated heterocycles. The maximum absolute atomic E-state index is 2.45. The van der Waals surface area contributed by atoms with Crippen LogP contribution in [0.5, 0.6) is 0 Å². The molecule has 0 spiro atoms. The molecule has 0 radical (unpaired) electrons. The SMILES string of the molecule is CC.CC.CC.CC1SC2CCCCC2C1C. The topological polar surface area (TPSA) is 0 Å². The lowest BCUT2D eigenvalue weighted by Gasteiger charge is -2.26. The summed E-state index contributed by atoms with van der Waals surface area (Å²) in [5, 5.41) is 1.97. The quantitative estimate of drug-likeness (QED) is 0.486. The molecule has 0 aromatic rings. The summed E-state index contributed by atoms with van der Waals surface area (Å²) in [6.45, 7) is 16.9. The highest BCUT2D eigenvalue weighted by molar-refractivity contribution is 8.00. The summed E-state index contributed by atoms with van der Waals surface area (Å²) in [4.78, 5) is 0. The number of thioether (sulfide) groups is 1. The highest BCUT2D eigenvalue weighted by Crippen LogP contribution is 2.49. The molecule has 1 heteroatoms. The molecule has 0 nitrogen and oxygen atoms in total. The van der Waals surface area contributed by atoms with Gasteiger partial charge in [-0.3, -0.25) is 0 Å². The van der Waals surface area contributed by atoms with Gasteiger partial charge in [-0.2, -0.15) is 11.8 Å². The fourth-order valence-electron chi connectivity index (χ4n) is 2.64. The maximum Gasteiger partial charge on any atom is 0.00810 e. The van der Waals surface area contributed by atoms with Crippen LogP contribution in [0.25, 0.3) is 0 Å². The Balaban J connectivity index is 0. The molecule has 4 atom stereocenters. The highest BCUT2D eigenvalue weighted by Gasteiger charge is 2.39. The van der Waals surface area contributed by atoms with E-state index >= 15 is 0 Å². The molecule has 1 aliphatic heterocycles. The van der Waals surface area contributed by atoms with E-state index in [9.17, 15) is 0 Å². The molecule has 2 rings (SSSR count). The first-order chi connectivity index (χ1) is 8.29. The van der Waals surface area contributed by atoms with Gasteiger partial charge in [0.1, 0.15) is 0 Å². The van der Waals surface area contributed by atoms with Crippen LogP contribution in [0.4, 0.5) is 0 Å².